The third-order valence-electron chi connectivity index (χ3n) is 3.91. The predicted octanol–water partition coefficient (Wildman–Crippen LogP) is 2.89. The zero-order valence-corrected chi connectivity index (χ0v) is 17.8. The SMILES string of the molecule is CCNC(=NCc1ccc(CS(C)(=O)=O)cc1)NCC(C)Oc1cccc(F)c1. The Kier molecular flexibility index (Phi) is 8.45. The van der Waals surface area contributed by atoms with Gasteiger partial charge in [0.25, 0.3) is 0 Å². The van der Waals surface area contributed by atoms with E-state index in [-0.39, 0.29) is 17.7 Å². The Balaban J connectivity index is 1.90. The molecule has 0 radical (unpaired) electrons. The number of sulfone groups is 1. The first kappa shape index (κ1) is 22.7. The molecule has 2 rings (SSSR count). The van der Waals surface area contributed by atoms with Crippen LogP contribution >= 0.6 is 0 Å². The van der Waals surface area contributed by atoms with Crippen molar-refractivity contribution in [3.63, 3.8) is 0 Å². The fourth-order valence-corrected chi connectivity index (χ4v) is 3.41. The van der Waals surface area contributed by atoms with Crippen molar-refractivity contribution in [2.24, 2.45) is 4.99 Å². The van der Waals surface area contributed by atoms with Gasteiger partial charge in [-0.1, -0.05) is 30.3 Å². The molecule has 0 fully saturated rings. The molecule has 0 heterocycles. The number of nitrogens with one attached hydrogen (secondary N) is 2. The summed E-state index contributed by atoms with van der Waals surface area (Å²) in [6.45, 7) is 5.52. The Morgan fingerprint density at radius 1 is 1.14 bits per heavy atom. The highest BCUT2D eigenvalue weighted by atomic mass is 32.2. The molecule has 1 unspecified atom stereocenters. The van der Waals surface area contributed by atoms with Crippen molar-refractivity contribution in [2.75, 3.05) is 19.3 Å². The molecular formula is C21H28FN3O3S. The van der Waals surface area contributed by atoms with Gasteiger partial charge in [0, 0.05) is 18.9 Å². The van der Waals surface area contributed by atoms with Gasteiger partial charge in [-0.15, -0.1) is 0 Å². The monoisotopic (exact) mass is 421 g/mol. The smallest absolute Gasteiger partial charge is 0.191 e. The minimum Gasteiger partial charge on any atom is -0.489 e. The van der Waals surface area contributed by atoms with Crippen LogP contribution in [0.3, 0.4) is 0 Å². The lowest BCUT2D eigenvalue weighted by Crippen LogP contribution is -2.41. The van der Waals surface area contributed by atoms with Crippen LogP contribution in [0.4, 0.5) is 4.39 Å². The molecule has 2 aromatic carbocycles. The highest BCUT2D eigenvalue weighted by Crippen LogP contribution is 2.13. The molecule has 29 heavy (non-hydrogen) atoms. The highest BCUT2D eigenvalue weighted by molar-refractivity contribution is 7.89. The number of hydrogen-bond acceptors (Lipinski definition) is 4. The number of aliphatic imine (C=N–C) groups is 1. The summed E-state index contributed by atoms with van der Waals surface area (Å²) >= 11 is 0. The van der Waals surface area contributed by atoms with Crippen LogP contribution in [-0.2, 0) is 22.1 Å². The number of guanidine groups is 1. The van der Waals surface area contributed by atoms with E-state index in [0.717, 1.165) is 11.1 Å². The molecule has 1 atom stereocenters. The molecule has 0 aliphatic heterocycles. The van der Waals surface area contributed by atoms with Crippen molar-refractivity contribution in [3.05, 3.63) is 65.5 Å². The third kappa shape index (κ3) is 8.95. The minimum absolute atomic E-state index is 0.0317. The Bertz CT molecular complexity index is 915. The van der Waals surface area contributed by atoms with Crippen LogP contribution in [0, 0.1) is 5.82 Å². The van der Waals surface area contributed by atoms with Crippen LogP contribution in [0.2, 0.25) is 0 Å². The number of ether oxygens (including phenoxy) is 1. The second-order valence-electron chi connectivity index (χ2n) is 6.85. The molecule has 2 N–H and O–H groups in total. The summed E-state index contributed by atoms with van der Waals surface area (Å²) in [7, 11) is -3.04. The normalized spacial score (nSPS) is 13.0. The van der Waals surface area contributed by atoms with Crippen molar-refractivity contribution in [1.29, 1.82) is 0 Å². The van der Waals surface area contributed by atoms with Crippen molar-refractivity contribution in [3.8, 4) is 5.75 Å². The number of rotatable bonds is 9. The van der Waals surface area contributed by atoms with Gasteiger partial charge in [-0.05, 0) is 37.1 Å². The van der Waals surface area contributed by atoms with Gasteiger partial charge in [0.2, 0.25) is 0 Å². The summed E-state index contributed by atoms with van der Waals surface area (Å²) in [6.07, 6.45) is 1.04. The number of nitrogens with zero attached hydrogens (tertiary/aromatic N) is 1. The van der Waals surface area contributed by atoms with E-state index in [9.17, 15) is 12.8 Å². The Morgan fingerprint density at radius 3 is 2.45 bits per heavy atom. The average Bonchev–Trinajstić information content (AvgIpc) is 2.64. The molecule has 0 saturated carbocycles. The Hall–Kier alpha value is -2.61. The fraction of sp³-hybridized carbons (Fsp3) is 0.381. The molecule has 2 aromatic rings. The molecule has 0 aliphatic carbocycles. The summed E-state index contributed by atoms with van der Waals surface area (Å²) in [5.74, 6) is 0.821. The zero-order chi connectivity index (χ0) is 21.3. The highest BCUT2D eigenvalue weighted by Gasteiger charge is 2.07. The molecule has 0 saturated heterocycles. The second-order valence-corrected chi connectivity index (χ2v) is 8.99. The lowest BCUT2D eigenvalue weighted by Gasteiger charge is -2.17. The van der Waals surface area contributed by atoms with Crippen molar-refractivity contribution < 1.29 is 17.5 Å². The van der Waals surface area contributed by atoms with Crippen LogP contribution in [0.25, 0.3) is 0 Å². The molecule has 0 spiro atoms. The first-order valence-electron chi connectivity index (χ1n) is 9.45. The molecule has 0 bridgehead atoms. The molecule has 0 aliphatic rings. The maximum absolute atomic E-state index is 13.2. The van der Waals surface area contributed by atoms with Gasteiger partial charge >= 0.3 is 0 Å². The zero-order valence-electron chi connectivity index (χ0n) is 17.0. The van der Waals surface area contributed by atoms with Gasteiger partial charge < -0.3 is 15.4 Å². The summed E-state index contributed by atoms with van der Waals surface area (Å²) < 4.78 is 41.7. The van der Waals surface area contributed by atoms with E-state index >= 15 is 0 Å². The molecule has 0 amide bonds. The van der Waals surface area contributed by atoms with Crippen LogP contribution in [0.15, 0.2) is 53.5 Å². The molecule has 8 heteroatoms. The first-order chi connectivity index (χ1) is 13.7. The molecule has 6 nitrogen and oxygen atoms in total. The summed E-state index contributed by atoms with van der Waals surface area (Å²) in [5.41, 5.74) is 1.73. The second kappa shape index (κ2) is 10.8. The van der Waals surface area contributed by atoms with Crippen molar-refractivity contribution >= 4 is 15.8 Å². The lowest BCUT2D eigenvalue weighted by atomic mass is 10.1. The van der Waals surface area contributed by atoms with E-state index in [4.69, 9.17) is 4.74 Å². The molecular weight excluding hydrogens is 393 g/mol. The van der Waals surface area contributed by atoms with E-state index in [1.807, 2.05) is 26.0 Å². The third-order valence-corrected chi connectivity index (χ3v) is 4.76. The number of benzene rings is 2. The average molecular weight is 422 g/mol. The van der Waals surface area contributed by atoms with Gasteiger partial charge in [-0.2, -0.15) is 0 Å². The Morgan fingerprint density at radius 2 is 1.83 bits per heavy atom. The number of hydrogen-bond donors (Lipinski definition) is 2. The topological polar surface area (TPSA) is 79.8 Å². The summed E-state index contributed by atoms with van der Waals surface area (Å²) in [5, 5.41) is 6.38. The van der Waals surface area contributed by atoms with Gasteiger partial charge in [-0.25, -0.2) is 17.8 Å². The predicted molar refractivity (Wildman–Crippen MR) is 114 cm³/mol. The van der Waals surface area contributed by atoms with Crippen molar-refractivity contribution in [2.45, 2.75) is 32.2 Å². The number of halogens is 1. The van der Waals surface area contributed by atoms with Crippen LogP contribution in [0.5, 0.6) is 5.75 Å². The standard InChI is InChI=1S/C21H28FN3O3S/c1-4-23-21(24-13-16(2)28-20-7-5-6-19(22)12-20)25-14-17-8-10-18(11-9-17)15-29(3,26)27/h5-12,16H,4,13-15H2,1-3H3,(H2,23,24,25). The first-order valence-corrected chi connectivity index (χ1v) is 11.5. The minimum atomic E-state index is -3.04. The largest absolute Gasteiger partial charge is 0.489 e. The van der Waals surface area contributed by atoms with E-state index < -0.39 is 9.84 Å². The van der Waals surface area contributed by atoms with Crippen LogP contribution in [-0.4, -0.2) is 39.8 Å². The van der Waals surface area contributed by atoms with Gasteiger partial charge in [0.1, 0.15) is 17.7 Å². The fourth-order valence-electron chi connectivity index (χ4n) is 2.61. The molecule has 0 aromatic heterocycles. The summed E-state index contributed by atoms with van der Waals surface area (Å²) in [4.78, 5) is 4.54. The van der Waals surface area contributed by atoms with Gasteiger partial charge in [0.15, 0.2) is 15.8 Å². The lowest BCUT2D eigenvalue weighted by molar-refractivity contribution is 0.223. The van der Waals surface area contributed by atoms with Crippen LogP contribution < -0.4 is 15.4 Å². The molecule has 158 valence electrons. The summed E-state index contributed by atoms with van der Waals surface area (Å²) in [6, 6.07) is 13.4. The van der Waals surface area contributed by atoms with E-state index in [0.29, 0.717) is 31.3 Å². The maximum Gasteiger partial charge on any atom is 0.191 e. The quantitative estimate of drug-likeness (QED) is 0.481. The van der Waals surface area contributed by atoms with E-state index in [1.165, 1.54) is 18.4 Å². The van der Waals surface area contributed by atoms with E-state index in [2.05, 4.69) is 15.6 Å². The van der Waals surface area contributed by atoms with E-state index in [1.54, 1.807) is 24.3 Å². The Labute approximate surface area is 172 Å². The maximum atomic E-state index is 13.2. The van der Waals surface area contributed by atoms with Crippen LogP contribution in [0.1, 0.15) is 25.0 Å². The van der Waals surface area contributed by atoms with Crippen molar-refractivity contribution in [1.82, 2.24) is 10.6 Å². The van der Waals surface area contributed by atoms with Gasteiger partial charge in [-0.3, -0.25) is 0 Å². The van der Waals surface area contributed by atoms with Gasteiger partial charge in [0.05, 0.1) is 18.8 Å².